The molecular weight excluding hydrogens is 246 g/mol. The fraction of sp³-hybridized carbons (Fsp3) is 0.900. The maximum atomic E-state index is 11.8. The number of hydrogen-bond acceptors (Lipinski definition) is 2. The molecule has 1 aliphatic carbocycles. The minimum absolute atomic E-state index is 0.0536. The van der Waals surface area contributed by atoms with Gasteiger partial charge in [-0.15, -0.1) is 0 Å². The number of hydrogen-bond donors (Lipinski definition) is 0. The summed E-state index contributed by atoms with van der Waals surface area (Å²) >= 11 is 3.43. The minimum Gasteiger partial charge on any atom is -0.381 e. The van der Waals surface area contributed by atoms with Gasteiger partial charge in [-0.1, -0.05) is 15.9 Å². The molecule has 80 valence electrons. The summed E-state index contributed by atoms with van der Waals surface area (Å²) in [7, 11) is 1.74. The second kappa shape index (κ2) is 4.19. The third kappa shape index (κ3) is 1.82. The Balaban J connectivity index is 1.88. The first kappa shape index (κ1) is 10.4. The predicted molar refractivity (Wildman–Crippen MR) is 57.5 cm³/mol. The quantitative estimate of drug-likeness (QED) is 0.707. The van der Waals surface area contributed by atoms with Crippen LogP contribution in [0.4, 0.5) is 0 Å². The van der Waals surface area contributed by atoms with Gasteiger partial charge >= 0.3 is 0 Å². The predicted octanol–water partition coefficient (Wildman–Crippen LogP) is 1.55. The van der Waals surface area contributed by atoms with Crippen molar-refractivity contribution in [3.63, 3.8) is 0 Å². The van der Waals surface area contributed by atoms with Crippen LogP contribution in [-0.4, -0.2) is 41.4 Å². The summed E-state index contributed by atoms with van der Waals surface area (Å²) in [6.45, 7) is 0.933. The van der Waals surface area contributed by atoms with Gasteiger partial charge in [0.2, 0.25) is 5.91 Å². The Labute approximate surface area is 92.9 Å². The van der Waals surface area contributed by atoms with Crippen molar-refractivity contribution in [2.45, 2.75) is 42.7 Å². The molecule has 0 aromatic heterocycles. The fourth-order valence-corrected chi connectivity index (χ4v) is 2.79. The third-order valence-corrected chi connectivity index (χ3v) is 4.10. The lowest BCUT2D eigenvalue weighted by atomic mass is 9.86. The molecule has 2 aliphatic rings. The summed E-state index contributed by atoms with van der Waals surface area (Å²) in [4.78, 5) is 13.9. The number of ether oxygens (including phenoxy) is 1. The standard InChI is InChI=1S/C10H16BrNO2/c1-14-8-5-7(6-8)12-4-2-3-9(11)10(12)13/h7-9H,2-6H2,1H3. The average molecular weight is 262 g/mol. The van der Waals surface area contributed by atoms with Crippen LogP contribution in [0.15, 0.2) is 0 Å². The summed E-state index contributed by atoms with van der Waals surface area (Å²) in [5, 5.41) is 0. The van der Waals surface area contributed by atoms with Gasteiger partial charge in [0.25, 0.3) is 0 Å². The van der Waals surface area contributed by atoms with Crippen molar-refractivity contribution >= 4 is 21.8 Å². The van der Waals surface area contributed by atoms with E-state index in [9.17, 15) is 4.79 Å². The van der Waals surface area contributed by atoms with Crippen LogP contribution in [0.5, 0.6) is 0 Å². The highest BCUT2D eigenvalue weighted by Gasteiger charge is 2.39. The average Bonchev–Trinajstić information content (AvgIpc) is 2.10. The van der Waals surface area contributed by atoms with Crippen molar-refractivity contribution in [2.75, 3.05) is 13.7 Å². The van der Waals surface area contributed by atoms with Crippen LogP contribution >= 0.6 is 15.9 Å². The van der Waals surface area contributed by atoms with Gasteiger partial charge in [-0.25, -0.2) is 0 Å². The Kier molecular flexibility index (Phi) is 3.12. The van der Waals surface area contributed by atoms with E-state index in [4.69, 9.17) is 4.74 Å². The lowest BCUT2D eigenvalue weighted by Gasteiger charge is -2.44. The summed E-state index contributed by atoms with van der Waals surface area (Å²) in [6.07, 6.45) is 4.51. The highest BCUT2D eigenvalue weighted by Crippen LogP contribution is 2.31. The van der Waals surface area contributed by atoms with Crippen LogP contribution in [0.3, 0.4) is 0 Å². The number of methoxy groups -OCH3 is 1. The van der Waals surface area contributed by atoms with E-state index in [0.717, 1.165) is 32.2 Å². The number of carbonyl (C=O) groups is 1. The van der Waals surface area contributed by atoms with E-state index in [2.05, 4.69) is 15.9 Å². The molecule has 0 radical (unpaired) electrons. The van der Waals surface area contributed by atoms with E-state index in [1.807, 2.05) is 4.90 Å². The minimum atomic E-state index is 0.0536. The molecule has 4 heteroatoms. The lowest BCUT2D eigenvalue weighted by molar-refractivity contribution is -0.140. The van der Waals surface area contributed by atoms with Crippen LogP contribution in [0.2, 0.25) is 0 Å². The molecule has 1 saturated heterocycles. The summed E-state index contributed by atoms with van der Waals surface area (Å²) in [6, 6.07) is 0.438. The van der Waals surface area contributed by atoms with Crippen molar-refractivity contribution in [3.8, 4) is 0 Å². The third-order valence-electron chi connectivity index (χ3n) is 3.25. The van der Waals surface area contributed by atoms with Crippen LogP contribution in [0, 0.1) is 0 Å². The number of rotatable bonds is 2. The van der Waals surface area contributed by atoms with E-state index < -0.39 is 0 Å². The van der Waals surface area contributed by atoms with Crippen molar-refractivity contribution < 1.29 is 9.53 Å². The van der Waals surface area contributed by atoms with Gasteiger partial charge in [-0.3, -0.25) is 4.79 Å². The highest BCUT2D eigenvalue weighted by atomic mass is 79.9. The largest absolute Gasteiger partial charge is 0.381 e. The maximum absolute atomic E-state index is 11.8. The molecule has 1 unspecified atom stereocenters. The first-order chi connectivity index (χ1) is 6.72. The molecule has 0 bridgehead atoms. The molecule has 0 aromatic rings. The molecule has 14 heavy (non-hydrogen) atoms. The number of halogens is 1. The van der Waals surface area contributed by atoms with E-state index >= 15 is 0 Å². The number of carbonyl (C=O) groups excluding carboxylic acids is 1. The Hall–Kier alpha value is -0.0900. The SMILES string of the molecule is COC1CC(N2CCCC(Br)C2=O)C1. The number of nitrogens with zero attached hydrogens (tertiary/aromatic N) is 1. The molecule has 1 heterocycles. The number of likely N-dealkylation sites (tertiary alicyclic amines) is 1. The Bertz CT molecular complexity index is 228. The summed E-state index contributed by atoms with van der Waals surface area (Å²) < 4.78 is 5.22. The van der Waals surface area contributed by atoms with Gasteiger partial charge in [-0.05, 0) is 25.7 Å². The Morgan fingerprint density at radius 3 is 2.86 bits per heavy atom. The smallest absolute Gasteiger partial charge is 0.236 e. The molecule has 1 amide bonds. The van der Waals surface area contributed by atoms with Crippen LogP contribution in [0.1, 0.15) is 25.7 Å². The molecule has 1 atom stereocenters. The van der Waals surface area contributed by atoms with Crippen molar-refractivity contribution in [3.05, 3.63) is 0 Å². The number of alkyl halides is 1. The Morgan fingerprint density at radius 2 is 2.21 bits per heavy atom. The van der Waals surface area contributed by atoms with Gasteiger partial charge in [0.1, 0.15) is 0 Å². The van der Waals surface area contributed by atoms with Crippen LogP contribution < -0.4 is 0 Å². The maximum Gasteiger partial charge on any atom is 0.236 e. The lowest BCUT2D eigenvalue weighted by Crippen LogP contribution is -2.54. The summed E-state index contributed by atoms with van der Waals surface area (Å²) in [5.74, 6) is 0.274. The molecule has 2 rings (SSSR count). The molecule has 2 fully saturated rings. The van der Waals surface area contributed by atoms with Crippen molar-refractivity contribution in [1.82, 2.24) is 4.90 Å². The van der Waals surface area contributed by atoms with Crippen LogP contribution in [-0.2, 0) is 9.53 Å². The molecule has 3 nitrogen and oxygen atoms in total. The van der Waals surface area contributed by atoms with Crippen LogP contribution in [0.25, 0.3) is 0 Å². The molecule has 0 N–H and O–H groups in total. The highest BCUT2D eigenvalue weighted by molar-refractivity contribution is 9.10. The topological polar surface area (TPSA) is 29.5 Å². The van der Waals surface area contributed by atoms with E-state index in [1.165, 1.54) is 0 Å². The van der Waals surface area contributed by atoms with Crippen molar-refractivity contribution in [2.24, 2.45) is 0 Å². The van der Waals surface area contributed by atoms with Gasteiger partial charge in [0.15, 0.2) is 0 Å². The molecule has 0 aromatic carbocycles. The second-order valence-electron chi connectivity index (χ2n) is 4.12. The first-order valence-corrected chi connectivity index (χ1v) is 6.11. The van der Waals surface area contributed by atoms with Gasteiger partial charge in [-0.2, -0.15) is 0 Å². The first-order valence-electron chi connectivity index (χ1n) is 5.19. The van der Waals surface area contributed by atoms with Gasteiger partial charge < -0.3 is 9.64 Å². The molecule has 0 spiro atoms. The van der Waals surface area contributed by atoms with Gasteiger partial charge in [0.05, 0.1) is 10.9 Å². The van der Waals surface area contributed by atoms with E-state index in [-0.39, 0.29) is 10.7 Å². The normalized spacial score (nSPS) is 38.3. The zero-order valence-corrected chi connectivity index (χ0v) is 10.00. The second-order valence-corrected chi connectivity index (χ2v) is 5.23. The van der Waals surface area contributed by atoms with Crippen molar-refractivity contribution in [1.29, 1.82) is 0 Å². The zero-order chi connectivity index (χ0) is 10.1. The Morgan fingerprint density at radius 1 is 1.50 bits per heavy atom. The zero-order valence-electron chi connectivity index (χ0n) is 8.41. The summed E-state index contributed by atoms with van der Waals surface area (Å²) in [5.41, 5.74) is 0. The van der Waals surface area contributed by atoms with E-state index in [0.29, 0.717) is 12.1 Å². The number of amides is 1. The number of piperidine rings is 1. The van der Waals surface area contributed by atoms with E-state index in [1.54, 1.807) is 7.11 Å². The fourth-order valence-electron chi connectivity index (χ4n) is 2.20. The molecule has 1 saturated carbocycles. The monoisotopic (exact) mass is 261 g/mol. The molecule has 1 aliphatic heterocycles. The molecular formula is C10H16BrNO2. The van der Waals surface area contributed by atoms with Gasteiger partial charge in [0, 0.05) is 19.7 Å².